The summed E-state index contributed by atoms with van der Waals surface area (Å²) in [5.74, 6) is -0.775. The molecule has 9 nitrogen and oxygen atoms in total. The summed E-state index contributed by atoms with van der Waals surface area (Å²) in [6.45, 7) is 6.05. The van der Waals surface area contributed by atoms with Crippen LogP contribution in [-0.4, -0.2) is 60.9 Å². The Hall–Kier alpha value is -2.13. The van der Waals surface area contributed by atoms with E-state index in [1.54, 1.807) is 0 Å². The third-order valence-corrected chi connectivity index (χ3v) is 9.70. The Morgan fingerprint density at radius 1 is 0.540 bits per heavy atom. The van der Waals surface area contributed by atoms with Gasteiger partial charge in [-0.25, -0.2) is 0 Å². The molecule has 0 aromatic rings. The van der Waals surface area contributed by atoms with Gasteiger partial charge in [0.15, 0.2) is 5.96 Å². The molecule has 0 bridgehead atoms. The van der Waals surface area contributed by atoms with E-state index in [9.17, 15) is 9.59 Å². The maximum Gasteiger partial charge on any atom is 0.241 e. The highest BCUT2D eigenvalue weighted by molar-refractivity contribution is 5.85. The SMILES string of the molecule is CCCCCCCC/C=C\CCCCCCCCN(CCCCCCCCCCCCCCCC)C(=O)C(N)CNC(=O)C(N)CNC(=N)N. The van der Waals surface area contributed by atoms with Crippen molar-refractivity contribution >= 4 is 17.8 Å². The number of guanidine groups is 1. The minimum Gasteiger partial charge on any atom is -0.370 e. The third-order valence-electron chi connectivity index (χ3n) is 9.70. The van der Waals surface area contributed by atoms with Crippen molar-refractivity contribution in [2.45, 2.75) is 206 Å². The molecule has 2 atom stereocenters. The van der Waals surface area contributed by atoms with Crippen molar-refractivity contribution in [3.8, 4) is 0 Å². The number of allylic oxidation sites excluding steroid dienone is 2. The van der Waals surface area contributed by atoms with Gasteiger partial charge in [-0.1, -0.05) is 167 Å². The lowest BCUT2D eigenvalue weighted by Crippen LogP contribution is -2.54. The largest absolute Gasteiger partial charge is 0.370 e. The van der Waals surface area contributed by atoms with Crippen LogP contribution in [0.3, 0.4) is 0 Å². The van der Waals surface area contributed by atoms with Gasteiger partial charge in [0.2, 0.25) is 11.8 Å². The van der Waals surface area contributed by atoms with Crippen molar-refractivity contribution in [2.24, 2.45) is 17.2 Å². The van der Waals surface area contributed by atoms with Gasteiger partial charge in [-0.05, 0) is 38.5 Å². The molecule has 9 N–H and O–H groups in total. The number of nitrogens with two attached hydrogens (primary N) is 3. The van der Waals surface area contributed by atoms with Gasteiger partial charge >= 0.3 is 0 Å². The number of rotatable bonds is 37. The summed E-state index contributed by atoms with van der Waals surface area (Å²) in [7, 11) is 0. The first-order valence-corrected chi connectivity index (χ1v) is 21.1. The number of carbonyl (C=O) groups excluding carboxylic acids is 2. The summed E-state index contributed by atoms with van der Waals surface area (Å²) < 4.78 is 0. The molecule has 0 fully saturated rings. The number of nitrogens with one attached hydrogen (secondary N) is 3. The van der Waals surface area contributed by atoms with Crippen LogP contribution < -0.4 is 27.8 Å². The molecular formula is C41H83N7O2. The van der Waals surface area contributed by atoms with Gasteiger partial charge in [-0.3, -0.25) is 15.0 Å². The highest BCUT2D eigenvalue weighted by Crippen LogP contribution is 2.14. The lowest BCUT2D eigenvalue weighted by Gasteiger charge is -2.26. The molecule has 0 aliphatic heterocycles. The van der Waals surface area contributed by atoms with E-state index in [0.717, 1.165) is 25.7 Å². The van der Waals surface area contributed by atoms with E-state index < -0.39 is 18.0 Å². The van der Waals surface area contributed by atoms with E-state index in [1.165, 1.54) is 154 Å². The number of amides is 2. The standard InChI is InChI=1S/C41H83N7O2/c1-3-5-7-9-11-13-15-17-19-20-22-24-26-28-30-32-34-48(40(50)38(43)36-46-39(49)37(42)35-47-41(44)45)33-31-29-27-25-23-21-18-16-14-12-10-8-6-4-2/h17,19,37-38H,3-16,18,20-36,42-43H2,1-2H3,(H,46,49)(H4,44,45,47)/b19-17-. The fraction of sp³-hybridized carbons (Fsp3) is 0.878. The average molecular weight is 706 g/mol. The molecule has 0 spiro atoms. The van der Waals surface area contributed by atoms with Crippen LogP contribution in [0.1, 0.15) is 194 Å². The van der Waals surface area contributed by atoms with Crippen LogP contribution in [0.4, 0.5) is 0 Å². The van der Waals surface area contributed by atoms with E-state index in [2.05, 4.69) is 36.6 Å². The predicted octanol–water partition coefficient (Wildman–Crippen LogP) is 8.59. The van der Waals surface area contributed by atoms with E-state index in [0.29, 0.717) is 13.1 Å². The maximum absolute atomic E-state index is 13.4. The molecule has 50 heavy (non-hydrogen) atoms. The van der Waals surface area contributed by atoms with Crippen LogP contribution in [0.2, 0.25) is 0 Å². The molecule has 0 saturated carbocycles. The van der Waals surface area contributed by atoms with Gasteiger partial charge in [0.25, 0.3) is 0 Å². The highest BCUT2D eigenvalue weighted by atomic mass is 16.2. The molecule has 0 radical (unpaired) electrons. The Morgan fingerprint density at radius 2 is 0.880 bits per heavy atom. The first-order valence-electron chi connectivity index (χ1n) is 21.1. The fourth-order valence-electron chi connectivity index (χ4n) is 6.36. The first-order chi connectivity index (χ1) is 24.3. The minimum absolute atomic E-state index is 0.0358. The topological polar surface area (TPSA) is 163 Å². The summed E-state index contributed by atoms with van der Waals surface area (Å²) in [6, 6.07) is -1.69. The maximum atomic E-state index is 13.4. The van der Waals surface area contributed by atoms with E-state index >= 15 is 0 Å². The fourth-order valence-corrected chi connectivity index (χ4v) is 6.36. The minimum atomic E-state index is -0.881. The van der Waals surface area contributed by atoms with Crippen LogP contribution in [0, 0.1) is 5.41 Å². The van der Waals surface area contributed by atoms with Gasteiger partial charge in [0.05, 0.1) is 0 Å². The average Bonchev–Trinajstić information content (AvgIpc) is 3.11. The number of carbonyl (C=O) groups is 2. The summed E-state index contributed by atoms with van der Waals surface area (Å²) in [6.07, 6.45) is 40.6. The van der Waals surface area contributed by atoms with Crippen molar-refractivity contribution < 1.29 is 9.59 Å². The van der Waals surface area contributed by atoms with Crippen LogP contribution in [0.15, 0.2) is 12.2 Å². The highest BCUT2D eigenvalue weighted by Gasteiger charge is 2.22. The number of unbranched alkanes of at least 4 members (excludes halogenated alkanes) is 25. The summed E-state index contributed by atoms with van der Waals surface area (Å²) in [4.78, 5) is 27.6. The molecule has 2 amide bonds. The smallest absolute Gasteiger partial charge is 0.241 e. The van der Waals surface area contributed by atoms with Crippen molar-refractivity contribution in [1.82, 2.24) is 15.5 Å². The molecule has 0 heterocycles. The van der Waals surface area contributed by atoms with Crippen molar-refractivity contribution in [3.63, 3.8) is 0 Å². The van der Waals surface area contributed by atoms with Crippen LogP contribution in [0.25, 0.3) is 0 Å². The number of hydrogen-bond donors (Lipinski definition) is 6. The summed E-state index contributed by atoms with van der Waals surface area (Å²) in [5.41, 5.74) is 17.4. The second-order valence-corrected chi connectivity index (χ2v) is 14.6. The van der Waals surface area contributed by atoms with Gasteiger partial charge in [-0.15, -0.1) is 0 Å². The summed E-state index contributed by atoms with van der Waals surface area (Å²) >= 11 is 0. The van der Waals surface area contributed by atoms with Crippen LogP contribution in [0.5, 0.6) is 0 Å². The second kappa shape index (κ2) is 36.7. The molecule has 9 heteroatoms. The van der Waals surface area contributed by atoms with Gasteiger partial charge < -0.3 is 32.7 Å². The Kier molecular flexibility index (Phi) is 35.1. The number of hydrogen-bond acceptors (Lipinski definition) is 5. The molecule has 0 aromatic carbocycles. The molecule has 0 aliphatic rings. The zero-order valence-electron chi connectivity index (χ0n) is 32.9. The Balaban J connectivity index is 4.38. The quantitative estimate of drug-likeness (QED) is 0.0164. The van der Waals surface area contributed by atoms with Crippen LogP contribution in [-0.2, 0) is 9.59 Å². The van der Waals surface area contributed by atoms with Gasteiger partial charge in [-0.2, -0.15) is 0 Å². The van der Waals surface area contributed by atoms with Crippen molar-refractivity contribution in [1.29, 1.82) is 5.41 Å². The molecule has 294 valence electrons. The monoisotopic (exact) mass is 706 g/mol. The van der Waals surface area contributed by atoms with Gasteiger partial charge in [0, 0.05) is 26.2 Å². The molecule has 0 rings (SSSR count). The molecular weight excluding hydrogens is 622 g/mol. The van der Waals surface area contributed by atoms with Crippen LogP contribution >= 0.6 is 0 Å². The Bertz CT molecular complexity index is 823. The zero-order chi connectivity index (χ0) is 36.9. The first kappa shape index (κ1) is 47.9. The molecule has 2 unspecified atom stereocenters. The lowest BCUT2D eigenvalue weighted by atomic mass is 10.0. The summed E-state index contributed by atoms with van der Waals surface area (Å²) in [5, 5.41) is 12.5. The van der Waals surface area contributed by atoms with Crippen molar-refractivity contribution in [2.75, 3.05) is 26.2 Å². The second-order valence-electron chi connectivity index (χ2n) is 14.6. The normalized spacial score (nSPS) is 12.6. The lowest BCUT2D eigenvalue weighted by molar-refractivity contribution is -0.132. The van der Waals surface area contributed by atoms with Gasteiger partial charge in [0.1, 0.15) is 12.1 Å². The third kappa shape index (κ3) is 31.8. The molecule has 0 aromatic heterocycles. The predicted molar refractivity (Wildman–Crippen MR) is 215 cm³/mol. The van der Waals surface area contributed by atoms with E-state index in [-0.39, 0.29) is 25.0 Å². The Morgan fingerprint density at radius 3 is 1.26 bits per heavy atom. The van der Waals surface area contributed by atoms with Crippen molar-refractivity contribution in [3.05, 3.63) is 12.2 Å². The molecule has 0 aliphatic carbocycles. The van der Waals surface area contributed by atoms with E-state index in [4.69, 9.17) is 22.6 Å². The van der Waals surface area contributed by atoms with E-state index in [1.807, 2.05) is 4.90 Å². The Labute approximate surface area is 309 Å². The zero-order valence-corrected chi connectivity index (χ0v) is 32.9. The number of nitrogens with zero attached hydrogens (tertiary/aromatic N) is 1. The molecule has 0 saturated heterocycles.